The highest BCUT2D eigenvalue weighted by molar-refractivity contribution is 6.73. The zero-order chi connectivity index (χ0) is 18.6. The zero-order valence-corrected chi connectivity index (χ0v) is 16.8. The summed E-state index contributed by atoms with van der Waals surface area (Å²) in [4.78, 5) is 26.3. The molecule has 0 saturated carbocycles. The van der Waals surface area contributed by atoms with Gasteiger partial charge in [-0.3, -0.25) is 4.79 Å². The van der Waals surface area contributed by atoms with Crippen molar-refractivity contribution in [1.82, 2.24) is 4.90 Å². The molecule has 0 radical (unpaired) electrons. The van der Waals surface area contributed by atoms with Gasteiger partial charge in [-0.1, -0.05) is 51.1 Å². The molecule has 1 saturated heterocycles. The Morgan fingerprint density at radius 1 is 1.12 bits per heavy atom. The summed E-state index contributed by atoms with van der Waals surface area (Å²) in [5.41, 5.74) is 0.902. The first-order valence-corrected chi connectivity index (χ1v) is 11.7. The Hall–Kier alpha value is -1.66. The number of carbonyl (C=O) groups excluding carboxylic acids is 2. The van der Waals surface area contributed by atoms with E-state index in [1.54, 1.807) is 13.8 Å². The second-order valence-corrected chi connectivity index (χ2v) is 11.5. The Labute approximate surface area is 151 Å². The molecule has 5 nitrogen and oxygen atoms in total. The minimum atomic E-state index is -1.96. The average Bonchev–Trinajstić information content (AvgIpc) is 2.61. The van der Waals surface area contributed by atoms with Crippen LogP contribution in [-0.4, -0.2) is 37.4 Å². The normalized spacial score (nSPS) is 20.6. The van der Waals surface area contributed by atoms with E-state index in [1.807, 2.05) is 30.3 Å². The quantitative estimate of drug-likeness (QED) is 0.528. The number of hydrogen-bond acceptors (Lipinski definition) is 4. The number of nitrogens with zero attached hydrogens (tertiary/aromatic N) is 1. The first-order chi connectivity index (χ1) is 11.9. The minimum Gasteiger partial charge on any atom is -0.446 e. The largest absolute Gasteiger partial charge is 0.446 e. The summed E-state index contributed by atoms with van der Waals surface area (Å²) in [6.07, 6.45) is -1.45. The number of β-lactam (4-membered cyclic amide) rings is 1. The molecule has 0 unspecified atom stereocenters. The molecule has 2 amide bonds. The van der Waals surface area contributed by atoms with E-state index < -0.39 is 26.6 Å². The van der Waals surface area contributed by atoms with Gasteiger partial charge in [-0.25, -0.2) is 9.69 Å². The lowest BCUT2D eigenvalue weighted by atomic mass is 9.91. The molecular weight excluding hydrogens is 334 g/mol. The molecule has 0 bridgehead atoms. The standard InChI is InChI=1S/C19H29NO4Si/c1-6-25(7-2,8-3)24-17-16(15-12-10-9-11-13-15)20(18(17)21)19(22)23-14(4)5/h9-14,16-17H,6-8H2,1-5H3/t16-,17+/m1/s1. The molecule has 1 aliphatic rings. The highest BCUT2D eigenvalue weighted by Crippen LogP contribution is 2.40. The van der Waals surface area contributed by atoms with Gasteiger partial charge in [0.2, 0.25) is 0 Å². The number of rotatable bonds is 7. The third-order valence-corrected chi connectivity index (χ3v) is 9.65. The highest BCUT2D eigenvalue weighted by Gasteiger charge is 2.55. The Morgan fingerprint density at radius 3 is 2.16 bits per heavy atom. The van der Waals surface area contributed by atoms with E-state index in [-0.39, 0.29) is 12.0 Å². The molecule has 138 valence electrons. The van der Waals surface area contributed by atoms with Gasteiger partial charge in [-0.05, 0) is 37.5 Å². The fourth-order valence-corrected chi connectivity index (χ4v) is 6.05. The van der Waals surface area contributed by atoms with E-state index in [1.165, 1.54) is 4.90 Å². The van der Waals surface area contributed by atoms with Crippen molar-refractivity contribution < 1.29 is 18.8 Å². The van der Waals surface area contributed by atoms with E-state index in [0.717, 1.165) is 23.7 Å². The van der Waals surface area contributed by atoms with Gasteiger partial charge in [0.1, 0.15) is 6.04 Å². The van der Waals surface area contributed by atoms with Crippen molar-refractivity contribution >= 4 is 20.3 Å². The molecule has 1 fully saturated rings. The molecule has 0 aromatic heterocycles. The summed E-state index contributed by atoms with van der Waals surface area (Å²) in [7, 11) is -1.96. The van der Waals surface area contributed by atoms with E-state index in [2.05, 4.69) is 20.8 Å². The van der Waals surface area contributed by atoms with Crippen LogP contribution in [0.2, 0.25) is 18.1 Å². The Balaban J connectivity index is 2.30. The van der Waals surface area contributed by atoms with Crippen molar-refractivity contribution in [2.75, 3.05) is 0 Å². The molecule has 2 rings (SSSR count). The van der Waals surface area contributed by atoms with Crippen LogP contribution in [0.1, 0.15) is 46.2 Å². The van der Waals surface area contributed by atoms with E-state index in [4.69, 9.17) is 9.16 Å². The van der Waals surface area contributed by atoms with Gasteiger partial charge in [0.05, 0.1) is 6.10 Å². The van der Waals surface area contributed by atoms with E-state index in [0.29, 0.717) is 0 Å². The SMILES string of the molecule is CC[Si](CC)(CC)O[C@@H]1C(=O)N(C(=O)OC(C)C)[C@@H]1c1ccccc1. The Morgan fingerprint density at radius 2 is 1.68 bits per heavy atom. The van der Waals surface area contributed by atoms with Crippen LogP contribution in [0.5, 0.6) is 0 Å². The topological polar surface area (TPSA) is 55.8 Å². The number of ether oxygens (including phenoxy) is 1. The van der Waals surface area contributed by atoms with Gasteiger partial charge in [-0.15, -0.1) is 0 Å². The van der Waals surface area contributed by atoms with Gasteiger partial charge < -0.3 is 9.16 Å². The molecule has 2 atom stereocenters. The molecule has 1 aromatic rings. The van der Waals surface area contributed by atoms with Gasteiger partial charge in [-0.2, -0.15) is 0 Å². The number of likely N-dealkylation sites (tertiary alicyclic amines) is 1. The van der Waals surface area contributed by atoms with Crippen LogP contribution in [0.3, 0.4) is 0 Å². The molecule has 0 N–H and O–H groups in total. The van der Waals surface area contributed by atoms with Crippen LogP contribution >= 0.6 is 0 Å². The smallest absolute Gasteiger partial charge is 0.417 e. The van der Waals surface area contributed by atoms with Gasteiger partial charge in [0.25, 0.3) is 5.91 Å². The summed E-state index contributed by atoms with van der Waals surface area (Å²) in [6, 6.07) is 12.1. The molecule has 1 heterocycles. The molecule has 0 spiro atoms. The van der Waals surface area contributed by atoms with Crippen molar-refractivity contribution in [2.24, 2.45) is 0 Å². The first kappa shape index (κ1) is 19.7. The summed E-state index contributed by atoms with van der Waals surface area (Å²) in [5.74, 6) is -0.285. The van der Waals surface area contributed by atoms with Crippen molar-refractivity contribution in [3.05, 3.63) is 35.9 Å². The van der Waals surface area contributed by atoms with Crippen LogP contribution in [0.4, 0.5) is 4.79 Å². The lowest BCUT2D eigenvalue weighted by molar-refractivity contribution is -0.161. The maximum atomic E-state index is 12.7. The molecule has 25 heavy (non-hydrogen) atoms. The second-order valence-electron chi connectivity index (χ2n) is 6.78. The lowest BCUT2D eigenvalue weighted by Gasteiger charge is -2.48. The number of imide groups is 1. The van der Waals surface area contributed by atoms with Crippen LogP contribution in [0.15, 0.2) is 30.3 Å². The summed E-state index contributed by atoms with van der Waals surface area (Å²) in [6.45, 7) is 9.94. The summed E-state index contributed by atoms with van der Waals surface area (Å²) < 4.78 is 11.7. The summed E-state index contributed by atoms with van der Waals surface area (Å²) in [5, 5.41) is 0. The molecule has 6 heteroatoms. The van der Waals surface area contributed by atoms with E-state index >= 15 is 0 Å². The molecular formula is C19H29NO4Si. The maximum absolute atomic E-state index is 12.7. The minimum absolute atomic E-state index is 0.271. The van der Waals surface area contributed by atoms with Crippen LogP contribution in [0.25, 0.3) is 0 Å². The fraction of sp³-hybridized carbons (Fsp3) is 0.579. The molecule has 0 aliphatic carbocycles. The van der Waals surface area contributed by atoms with Crippen molar-refractivity contribution in [2.45, 2.75) is 71.0 Å². The first-order valence-electron chi connectivity index (χ1n) is 9.15. The third-order valence-electron chi connectivity index (χ3n) is 5.03. The van der Waals surface area contributed by atoms with E-state index in [9.17, 15) is 9.59 Å². The highest BCUT2D eigenvalue weighted by atomic mass is 28.4. The number of amides is 2. The Bertz CT molecular complexity index is 592. The third kappa shape index (κ3) is 3.95. The fourth-order valence-electron chi connectivity index (χ4n) is 3.28. The van der Waals surface area contributed by atoms with Crippen molar-refractivity contribution in [3.8, 4) is 0 Å². The summed E-state index contributed by atoms with van der Waals surface area (Å²) >= 11 is 0. The van der Waals surface area contributed by atoms with Crippen LogP contribution in [0, 0.1) is 0 Å². The maximum Gasteiger partial charge on any atom is 0.417 e. The van der Waals surface area contributed by atoms with Crippen molar-refractivity contribution in [3.63, 3.8) is 0 Å². The Kier molecular flexibility index (Phi) is 6.40. The molecule has 1 aromatic carbocycles. The number of carbonyl (C=O) groups is 2. The van der Waals surface area contributed by atoms with Gasteiger partial charge in [0.15, 0.2) is 14.4 Å². The predicted molar refractivity (Wildman–Crippen MR) is 99.7 cm³/mol. The van der Waals surface area contributed by atoms with Crippen molar-refractivity contribution in [1.29, 1.82) is 0 Å². The number of benzene rings is 1. The predicted octanol–water partition coefficient (Wildman–Crippen LogP) is 4.51. The van der Waals surface area contributed by atoms with Gasteiger partial charge >= 0.3 is 6.09 Å². The van der Waals surface area contributed by atoms with Gasteiger partial charge in [0, 0.05) is 0 Å². The monoisotopic (exact) mass is 363 g/mol. The number of hydrogen-bond donors (Lipinski definition) is 0. The second kappa shape index (κ2) is 8.14. The van der Waals surface area contributed by atoms with Crippen LogP contribution in [-0.2, 0) is 14.0 Å². The zero-order valence-electron chi connectivity index (χ0n) is 15.8. The van der Waals surface area contributed by atoms with Crippen LogP contribution < -0.4 is 0 Å². The lowest BCUT2D eigenvalue weighted by Crippen LogP contribution is -2.64. The molecule has 1 aliphatic heterocycles. The average molecular weight is 364 g/mol.